The van der Waals surface area contributed by atoms with E-state index in [2.05, 4.69) is 10.4 Å². The highest BCUT2D eigenvalue weighted by molar-refractivity contribution is 5.76. The first-order valence-corrected chi connectivity index (χ1v) is 7.85. The van der Waals surface area contributed by atoms with Crippen molar-refractivity contribution in [2.24, 2.45) is 0 Å². The van der Waals surface area contributed by atoms with E-state index in [9.17, 15) is 9.90 Å². The van der Waals surface area contributed by atoms with Gasteiger partial charge in [0.05, 0.1) is 11.9 Å². The summed E-state index contributed by atoms with van der Waals surface area (Å²) in [5, 5.41) is 16.9. The van der Waals surface area contributed by atoms with Crippen molar-refractivity contribution in [3.63, 3.8) is 0 Å². The van der Waals surface area contributed by atoms with E-state index < -0.39 is 0 Å². The Balaban J connectivity index is 1.50. The Morgan fingerprint density at radius 3 is 2.62 bits per heavy atom. The van der Waals surface area contributed by atoms with Crippen molar-refractivity contribution < 1.29 is 9.90 Å². The fourth-order valence-corrected chi connectivity index (χ4v) is 2.43. The molecular formula is C19H19N3O2. The van der Waals surface area contributed by atoms with E-state index in [-0.39, 0.29) is 11.7 Å². The molecule has 0 radical (unpaired) electrons. The lowest BCUT2D eigenvalue weighted by molar-refractivity contribution is -0.121. The lowest BCUT2D eigenvalue weighted by Gasteiger charge is -2.05. The van der Waals surface area contributed by atoms with Crippen LogP contribution in [-0.2, 0) is 17.8 Å². The monoisotopic (exact) mass is 321 g/mol. The van der Waals surface area contributed by atoms with Gasteiger partial charge in [-0.15, -0.1) is 0 Å². The van der Waals surface area contributed by atoms with Gasteiger partial charge in [0.25, 0.3) is 0 Å². The molecule has 1 amide bonds. The first-order valence-electron chi connectivity index (χ1n) is 7.85. The Hall–Kier alpha value is -3.08. The fraction of sp³-hybridized carbons (Fsp3) is 0.158. The van der Waals surface area contributed by atoms with Crippen LogP contribution in [-0.4, -0.2) is 20.8 Å². The van der Waals surface area contributed by atoms with Gasteiger partial charge in [-0.2, -0.15) is 5.10 Å². The maximum atomic E-state index is 12.0. The molecule has 0 atom stereocenters. The highest BCUT2D eigenvalue weighted by Crippen LogP contribution is 2.17. The van der Waals surface area contributed by atoms with Crippen molar-refractivity contribution in [2.45, 2.75) is 19.4 Å². The Labute approximate surface area is 140 Å². The van der Waals surface area contributed by atoms with Crippen LogP contribution in [0.4, 0.5) is 0 Å². The lowest BCUT2D eigenvalue weighted by atomic mass is 10.1. The topological polar surface area (TPSA) is 67.2 Å². The van der Waals surface area contributed by atoms with Gasteiger partial charge >= 0.3 is 0 Å². The highest BCUT2D eigenvalue weighted by atomic mass is 16.3. The summed E-state index contributed by atoms with van der Waals surface area (Å²) in [4.78, 5) is 12.0. The zero-order valence-corrected chi connectivity index (χ0v) is 13.2. The first kappa shape index (κ1) is 15.8. The highest BCUT2D eigenvalue weighted by Gasteiger charge is 2.06. The molecule has 0 aliphatic carbocycles. The van der Waals surface area contributed by atoms with E-state index in [0.717, 1.165) is 16.8 Å². The number of amides is 1. The summed E-state index contributed by atoms with van der Waals surface area (Å²) in [5.74, 6) is 0.181. The maximum Gasteiger partial charge on any atom is 0.220 e. The van der Waals surface area contributed by atoms with E-state index in [1.807, 2.05) is 48.7 Å². The van der Waals surface area contributed by atoms with Crippen molar-refractivity contribution in [3.8, 4) is 11.4 Å². The number of carbonyl (C=O) groups excluding carboxylic acids is 1. The number of nitrogens with zero attached hydrogens (tertiary/aromatic N) is 2. The number of hydrogen-bond acceptors (Lipinski definition) is 3. The summed E-state index contributed by atoms with van der Waals surface area (Å²) in [6, 6.07) is 16.9. The van der Waals surface area contributed by atoms with E-state index in [0.29, 0.717) is 19.4 Å². The predicted octanol–water partition coefficient (Wildman–Crippen LogP) is 2.83. The van der Waals surface area contributed by atoms with Crippen LogP contribution in [0.5, 0.6) is 5.75 Å². The van der Waals surface area contributed by atoms with Gasteiger partial charge in [0.1, 0.15) is 5.75 Å². The molecule has 1 heterocycles. The molecule has 5 nitrogen and oxygen atoms in total. The third-order valence-corrected chi connectivity index (χ3v) is 3.76. The summed E-state index contributed by atoms with van der Waals surface area (Å²) < 4.78 is 1.78. The standard InChI is InChI=1S/C19H19N3O2/c23-18-9-5-4-6-16(18)10-11-19(24)20-12-15-13-21-22(14-15)17-7-2-1-3-8-17/h1-9,13-14,23H,10-12H2,(H,20,24). The van der Waals surface area contributed by atoms with Crippen LogP contribution in [0.3, 0.4) is 0 Å². The van der Waals surface area contributed by atoms with E-state index in [1.54, 1.807) is 23.0 Å². The molecule has 0 aliphatic rings. The number of aryl methyl sites for hydroxylation is 1. The van der Waals surface area contributed by atoms with Crippen molar-refractivity contribution in [3.05, 3.63) is 78.1 Å². The van der Waals surface area contributed by atoms with Crippen molar-refractivity contribution >= 4 is 5.91 Å². The summed E-state index contributed by atoms with van der Waals surface area (Å²) in [6.45, 7) is 0.437. The average molecular weight is 321 g/mol. The number of carbonyl (C=O) groups is 1. The van der Waals surface area contributed by atoms with Gasteiger partial charge in [-0.05, 0) is 30.2 Å². The molecule has 0 aliphatic heterocycles. The van der Waals surface area contributed by atoms with Gasteiger partial charge < -0.3 is 10.4 Å². The molecule has 0 fully saturated rings. The van der Waals surface area contributed by atoms with Crippen LogP contribution in [0.15, 0.2) is 67.0 Å². The minimum Gasteiger partial charge on any atom is -0.508 e. The minimum atomic E-state index is -0.0503. The predicted molar refractivity (Wildman–Crippen MR) is 91.8 cm³/mol. The van der Waals surface area contributed by atoms with Crippen LogP contribution in [0.2, 0.25) is 0 Å². The van der Waals surface area contributed by atoms with Crippen LogP contribution < -0.4 is 5.32 Å². The van der Waals surface area contributed by atoms with E-state index >= 15 is 0 Å². The number of aromatic hydroxyl groups is 1. The summed E-state index contributed by atoms with van der Waals surface area (Å²) >= 11 is 0. The Bertz CT molecular complexity index is 812. The molecule has 0 saturated heterocycles. The van der Waals surface area contributed by atoms with Gasteiger partial charge in [0, 0.05) is 24.7 Å². The van der Waals surface area contributed by atoms with E-state index in [1.165, 1.54) is 0 Å². The molecule has 0 unspecified atom stereocenters. The molecule has 2 N–H and O–H groups in total. The minimum absolute atomic E-state index is 0.0503. The van der Waals surface area contributed by atoms with Crippen LogP contribution in [0.1, 0.15) is 17.5 Å². The van der Waals surface area contributed by atoms with Gasteiger partial charge in [-0.25, -0.2) is 4.68 Å². The van der Waals surface area contributed by atoms with Crippen molar-refractivity contribution in [1.29, 1.82) is 0 Å². The smallest absolute Gasteiger partial charge is 0.220 e. The zero-order valence-electron chi connectivity index (χ0n) is 13.2. The summed E-state index contributed by atoms with van der Waals surface area (Å²) in [7, 11) is 0. The molecular weight excluding hydrogens is 302 g/mol. The normalized spacial score (nSPS) is 10.5. The van der Waals surface area contributed by atoms with Crippen LogP contribution in [0.25, 0.3) is 5.69 Å². The number of rotatable bonds is 6. The molecule has 3 aromatic rings. The third kappa shape index (κ3) is 4.01. The number of aromatic nitrogens is 2. The number of nitrogens with one attached hydrogen (secondary N) is 1. The molecule has 2 aromatic carbocycles. The van der Waals surface area contributed by atoms with Crippen molar-refractivity contribution in [2.75, 3.05) is 0 Å². The lowest BCUT2D eigenvalue weighted by Crippen LogP contribution is -2.22. The SMILES string of the molecule is O=C(CCc1ccccc1O)NCc1cnn(-c2ccccc2)c1. The first-order chi connectivity index (χ1) is 11.7. The summed E-state index contributed by atoms with van der Waals surface area (Å²) in [5.41, 5.74) is 2.70. The van der Waals surface area contributed by atoms with Crippen LogP contribution >= 0.6 is 0 Å². The molecule has 0 spiro atoms. The molecule has 3 rings (SSSR count). The van der Waals surface area contributed by atoms with E-state index in [4.69, 9.17) is 0 Å². The zero-order chi connectivity index (χ0) is 16.8. The number of para-hydroxylation sites is 2. The Kier molecular flexibility index (Phi) is 4.91. The van der Waals surface area contributed by atoms with Crippen molar-refractivity contribution in [1.82, 2.24) is 15.1 Å². The number of phenolic OH excluding ortho intramolecular Hbond substituents is 1. The largest absolute Gasteiger partial charge is 0.508 e. The van der Waals surface area contributed by atoms with Crippen LogP contribution in [0, 0.1) is 0 Å². The third-order valence-electron chi connectivity index (χ3n) is 3.76. The van der Waals surface area contributed by atoms with Gasteiger partial charge in [0.2, 0.25) is 5.91 Å². The Morgan fingerprint density at radius 2 is 1.83 bits per heavy atom. The molecule has 0 saturated carbocycles. The maximum absolute atomic E-state index is 12.0. The second-order valence-electron chi connectivity index (χ2n) is 5.53. The quantitative estimate of drug-likeness (QED) is 0.733. The fourth-order valence-electron chi connectivity index (χ4n) is 2.43. The van der Waals surface area contributed by atoms with Gasteiger partial charge in [-0.1, -0.05) is 36.4 Å². The van der Waals surface area contributed by atoms with Gasteiger partial charge in [0.15, 0.2) is 0 Å². The second kappa shape index (κ2) is 7.46. The average Bonchev–Trinajstić information content (AvgIpc) is 3.09. The molecule has 5 heteroatoms. The number of phenols is 1. The molecule has 24 heavy (non-hydrogen) atoms. The second-order valence-corrected chi connectivity index (χ2v) is 5.53. The van der Waals surface area contributed by atoms with Gasteiger partial charge in [-0.3, -0.25) is 4.79 Å². The summed E-state index contributed by atoms with van der Waals surface area (Å²) in [6.07, 6.45) is 4.50. The molecule has 0 bridgehead atoms. The molecule has 122 valence electrons. The number of hydrogen-bond donors (Lipinski definition) is 2. The number of benzene rings is 2. The Morgan fingerprint density at radius 1 is 1.08 bits per heavy atom. The molecule has 1 aromatic heterocycles.